The largest absolute Gasteiger partial charge is 0.372 e. The molecular weight excluding hydrogens is 250 g/mol. The first-order chi connectivity index (χ1) is 9.65. The molecule has 0 aliphatic carbocycles. The van der Waals surface area contributed by atoms with Crippen LogP contribution in [0, 0.1) is 0 Å². The van der Waals surface area contributed by atoms with Crippen LogP contribution in [0.5, 0.6) is 0 Å². The molecule has 120 valence electrons. The standard InChI is InChI=1S/C16H35N3O/c1-5-10-17-13-15-8-9-16(20-15)14-19(6-2)12-7-11-18(3)4/h15-17H,5-14H2,1-4H3. The first-order valence-corrected chi connectivity index (χ1v) is 8.39. The fourth-order valence-electron chi connectivity index (χ4n) is 2.78. The number of nitrogens with one attached hydrogen (secondary N) is 1. The van der Waals surface area contributed by atoms with Gasteiger partial charge in [-0.05, 0) is 66.0 Å². The van der Waals surface area contributed by atoms with E-state index in [1.165, 1.54) is 38.8 Å². The number of ether oxygens (including phenoxy) is 1. The minimum absolute atomic E-state index is 0.437. The summed E-state index contributed by atoms with van der Waals surface area (Å²) in [5.41, 5.74) is 0. The highest BCUT2D eigenvalue weighted by Gasteiger charge is 2.26. The average molecular weight is 285 g/mol. The van der Waals surface area contributed by atoms with Crippen molar-refractivity contribution in [1.82, 2.24) is 15.1 Å². The zero-order valence-electron chi connectivity index (χ0n) is 14.0. The Bertz CT molecular complexity index is 236. The first-order valence-electron chi connectivity index (χ1n) is 8.39. The van der Waals surface area contributed by atoms with Gasteiger partial charge in [0, 0.05) is 13.1 Å². The lowest BCUT2D eigenvalue weighted by Gasteiger charge is -2.25. The number of hydrogen-bond donors (Lipinski definition) is 1. The summed E-state index contributed by atoms with van der Waals surface area (Å²) in [6.07, 6.45) is 5.77. The van der Waals surface area contributed by atoms with E-state index >= 15 is 0 Å². The molecule has 2 unspecified atom stereocenters. The van der Waals surface area contributed by atoms with Crippen molar-refractivity contribution in [3.8, 4) is 0 Å². The molecule has 0 amide bonds. The molecular formula is C16H35N3O. The molecule has 1 aliphatic heterocycles. The Kier molecular flexibility index (Phi) is 9.44. The molecule has 2 atom stereocenters. The van der Waals surface area contributed by atoms with Gasteiger partial charge in [-0.3, -0.25) is 0 Å². The Balaban J connectivity index is 2.15. The third-order valence-corrected chi connectivity index (χ3v) is 3.98. The van der Waals surface area contributed by atoms with Crippen molar-refractivity contribution in [3.05, 3.63) is 0 Å². The van der Waals surface area contributed by atoms with E-state index in [0.717, 1.165) is 26.2 Å². The van der Waals surface area contributed by atoms with E-state index in [0.29, 0.717) is 12.2 Å². The molecule has 0 aromatic carbocycles. The molecule has 1 heterocycles. The molecule has 1 rings (SSSR count). The number of hydrogen-bond acceptors (Lipinski definition) is 4. The van der Waals surface area contributed by atoms with Crippen molar-refractivity contribution in [1.29, 1.82) is 0 Å². The molecule has 1 aliphatic rings. The van der Waals surface area contributed by atoms with E-state index in [2.05, 4.69) is 43.1 Å². The molecule has 0 radical (unpaired) electrons. The summed E-state index contributed by atoms with van der Waals surface area (Å²) in [5, 5.41) is 3.47. The maximum Gasteiger partial charge on any atom is 0.0707 e. The fourth-order valence-corrected chi connectivity index (χ4v) is 2.78. The lowest BCUT2D eigenvalue weighted by molar-refractivity contribution is 0.0239. The van der Waals surface area contributed by atoms with Crippen LogP contribution in [0.2, 0.25) is 0 Å². The maximum absolute atomic E-state index is 6.15. The molecule has 0 aromatic rings. The molecule has 0 saturated carbocycles. The number of nitrogens with zero attached hydrogens (tertiary/aromatic N) is 2. The van der Waals surface area contributed by atoms with Gasteiger partial charge in [0.2, 0.25) is 0 Å². The summed E-state index contributed by atoms with van der Waals surface area (Å²) in [6, 6.07) is 0. The van der Waals surface area contributed by atoms with Crippen molar-refractivity contribution in [3.63, 3.8) is 0 Å². The monoisotopic (exact) mass is 285 g/mol. The molecule has 1 fully saturated rings. The topological polar surface area (TPSA) is 27.7 Å². The predicted molar refractivity (Wildman–Crippen MR) is 86.3 cm³/mol. The normalized spacial score (nSPS) is 23.1. The van der Waals surface area contributed by atoms with Crippen LogP contribution < -0.4 is 5.32 Å². The maximum atomic E-state index is 6.15. The van der Waals surface area contributed by atoms with Gasteiger partial charge in [0.25, 0.3) is 0 Å². The Morgan fingerprint density at radius 3 is 2.50 bits per heavy atom. The predicted octanol–water partition coefficient (Wildman–Crippen LogP) is 1.81. The Morgan fingerprint density at radius 1 is 1.10 bits per heavy atom. The second kappa shape index (κ2) is 10.6. The van der Waals surface area contributed by atoms with E-state index in [4.69, 9.17) is 4.74 Å². The molecule has 1 N–H and O–H groups in total. The lowest BCUT2D eigenvalue weighted by Crippen LogP contribution is -2.35. The van der Waals surface area contributed by atoms with Gasteiger partial charge in [0.1, 0.15) is 0 Å². The van der Waals surface area contributed by atoms with Gasteiger partial charge < -0.3 is 19.9 Å². The Hall–Kier alpha value is -0.160. The quantitative estimate of drug-likeness (QED) is 0.586. The van der Waals surface area contributed by atoms with Crippen molar-refractivity contribution in [2.24, 2.45) is 0 Å². The van der Waals surface area contributed by atoms with Crippen LogP contribution in [0.1, 0.15) is 39.5 Å². The second-order valence-electron chi connectivity index (χ2n) is 6.21. The third kappa shape index (κ3) is 7.58. The van der Waals surface area contributed by atoms with Gasteiger partial charge >= 0.3 is 0 Å². The van der Waals surface area contributed by atoms with E-state index < -0.39 is 0 Å². The van der Waals surface area contributed by atoms with E-state index in [-0.39, 0.29) is 0 Å². The second-order valence-corrected chi connectivity index (χ2v) is 6.21. The van der Waals surface area contributed by atoms with Gasteiger partial charge in [-0.15, -0.1) is 0 Å². The smallest absolute Gasteiger partial charge is 0.0707 e. The number of rotatable bonds is 11. The van der Waals surface area contributed by atoms with Crippen LogP contribution in [0.15, 0.2) is 0 Å². The van der Waals surface area contributed by atoms with Crippen molar-refractivity contribution in [2.75, 3.05) is 53.4 Å². The van der Waals surface area contributed by atoms with Crippen LogP contribution >= 0.6 is 0 Å². The summed E-state index contributed by atoms with van der Waals surface area (Å²) in [6.45, 7) is 11.2. The Labute approximate surface area is 125 Å². The average Bonchev–Trinajstić information content (AvgIpc) is 2.85. The van der Waals surface area contributed by atoms with Crippen molar-refractivity contribution < 1.29 is 4.74 Å². The fraction of sp³-hybridized carbons (Fsp3) is 1.00. The van der Waals surface area contributed by atoms with Gasteiger partial charge in [0.15, 0.2) is 0 Å². The molecule has 1 saturated heterocycles. The Morgan fingerprint density at radius 2 is 1.85 bits per heavy atom. The summed E-state index contributed by atoms with van der Waals surface area (Å²) >= 11 is 0. The highest BCUT2D eigenvalue weighted by molar-refractivity contribution is 4.78. The summed E-state index contributed by atoms with van der Waals surface area (Å²) in [4.78, 5) is 4.80. The molecule has 4 heteroatoms. The van der Waals surface area contributed by atoms with Crippen molar-refractivity contribution in [2.45, 2.75) is 51.7 Å². The minimum atomic E-state index is 0.437. The van der Waals surface area contributed by atoms with Gasteiger partial charge in [-0.25, -0.2) is 0 Å². The molecule has 0 aromatic heterocycles. The third-order valence-electron chi connectivity index (χ3n) is 3.98. The van der Waals surface area contributed by atoms with Crippen LogP contribution in [0.25, 0.3) is 0 Å². The summed E-state index contributed by atoms with van der Waals surface area (Å²) < 4.78 is 6.15. The van der Waals surface area contributed by atoms with Gasteiger partial charge in [0.05, 0.1) is 12.2 Å². The van der Waals surface area contributed by atoms with Crippen molar-refractivity contribution >= 4 is 0 Å². The molecule has 4 nitrogen and oxygen atoms in total. The highest BCUT2D eigenvalue weighted by atomic mass is 16.5. The minimum Gasteiger partial charge on any atom is -0.372 e. The lowest BCUT2D eigenvalue weighted by atomic mass is 10.2. The van der Waals surface area contributed by atoms with Crippen LogP contribution in [-0.4, -0.2) is 75.4 Å². The van der Waals surface area contributed by atoms with Crippen LogP contribution in [0.4, 0.5) is 0 Å². The van der Waals surface area contributed by atoms with E-state index in [1.807, 2.05) is 0 Å². The SMILES string of the molecule is CCCNCC1CCC(CN(CC)CCCN(C)C)O1. The van der Waals surface area contributed by atoms with Crippen LogP contribution in [-0.2, 0) is 4.74 Å². The van der Waals surface area contributed by atoms with Gasteiger partial charge in [-0.1, -0.05) is 13.8 Å². The van der Waals surface area contributed by atoms with Crippen LogP contribution in [0.3, 0.4) is 0 Å². The summed E-state index contributed by atoms with van der Waals surface area (Å²) in [5.74, 6) is 0. The zero-order valence-corrected chi connectivity index (χ0v) is 14.0. The molecule has 20 heavy (non-hydrogen) atoms. The van der Waals surface area contributed by atoms with E-state index in [1.54, 1.807) is 0 Å². The number of likely N-dealkylation sites (N-methyl/N-ethyl adjacent to an activating group) is 1. The zero-order chi connectivity index (χ0) is 14.8. The molecule has 0 bridgehead atoms. The van der Waals surface area contributed by atoms with Gasteiger partial charge in [-0.2, -0.15) is 0 Å². The summed E-state index contributed by atoms with van der Waals surface area (Å²) in [7, 11) is 4.29. The van der Waals surface area contributed by atoms with E-state index in [9.17, 15) is 0 Å². The first kappa shape index (κ1) is 17.9. The molecule has 0 spiro atoms. The highest BCUT2D eigenvalue weighted by Crippen LogP contribution is 2.20.